The van der Waals surface area contributed by atoms with Crippen LogP contribution in [-0.2, 0) is 16.1 Å². The van der Waals surface area contributed by atoms with Crippen LogP contribution >= 0.6 is 0 Å². The normalized spacial score (nSPS) is 25.2. The molecule has 3 heterocycles. The van der Waals surface area contributed by atoms with Crippen molar-refractivity contribution in [2.75, 3.05) is 33.3 Å². The maximum atomic E-state index is 12.5. The number of ether oxygens (including phenoxy) is 1. The standard InChI is InChI=1S/C19H29N3O2/c1-15-12-20-7-5-16(15)13-21-10-6-18(24-2)17(14-21)11-19(23)22-8-3-4-9-22/h5,7,12,17-18H,3-4,6,8-11,13-14H2,1-2H3/t17-,18-/m1/s1. The molecular formula is C19H29N3O2. The van der Waals surface area contributed by atoms with E-state index in [0.717, 1.165) is 52.0 Å². The molecule has 2 atom stereocenters. The summed E-state index contributed by atoms with van der Waals surface area (Å²) in [5.74, 6) is 0.598. The molecule has 1 aromatic heterocycles. The van der Waals surface area contributed by atoms with Crippen LogP contribution in [0.5, 0.6) is 0 Å². The molecule has 2 aliphatic heterocycles. The van der Waals surface area contributed by atoms with Crippen LogP contribution in [-0.4, -0.2) is 60.1 Å². The predicted molar refractivity (Wildman–Crippen MR) is 93.6 cm³/mol. The van der Waals surface area contributed by atoms with Gasteiger partial charge >= 0.3 is 0 Å². The molecule has 2 aliphatic rings. The monoisotopic (exact) mass is 331 g/mol. The van der Waals surface area contributed by atoms with Crippen molar-refractivity contribution in [3.8, 4) is 0 Å². The number of carbonyl (C=O) groups excluding carboxylic acids is 1. The van der Waals surface area contributed by atoms with Crippen LogP contribution in [0, 0.1) is 12.8 Å². The van der Waals surface area contributed by atoms with E-state index in [-0.39, 0.29) is 6.10 Å². The van der Waals surface area contributed by atoms with Gasteiger partial charge in [0.25, 0.3) is 0 Å². The van der Waals surface area contributed by atoms with Crippen LogP contribution in [0.15, 0.2) is 18.5 Å². The first-order valence-electron chi connectivity index (χ1n) is 9.10. The zero-order valence-corrected chi connectivity index (χ0v) is 14.9. The van der Waals surface area contributed by atoms with Gasteiger partial charge in [-0.3, -0.25) is 14.7 Å². The van der Waals surface area contributed by atoms with Gasteiger partial charge in [-0.1, -0.05) is 0 Å². The molecule has 0 saturated carbocycles. The van der Waals surface area contributed by atoms with Gasteiger partial charge in [-0.15, -0.1) is 0 Å². The fourth-order valence-electron chi connectivity index (χ4n) is 3.98. The summed E-state index contributed by atoms with van der Waals surface area (Å²) in [7, 11) is 1.78. The quantitative estimate of drug-likeness (QED) is 0.830. The van der Waals surface area contributed by atoms with Crippen LogP contribution in [0.25, 0.3) is 0 Å². The zero-order valence-electron chi connectivity index (χ0n) is 14.9. The van der Waals surface area contributed by atoms with Crippen LogP contribution < -0.4 is 0 Å². The summed E-state index contributed by atoms with van der Waals surface area (Å²) >= 11 is 0. The topological polar surface area (TPSA) is 45.7 Å². The fourth-order valence-corrected chi connectivity index (χ4v) is 3.98. The first kappa shape index (κ1) is 17.4. The number of amides is 1. The Hall–Kier alpha value is -1.46. The summed E-state index contributed by atoms with van der Waals surface area (Å²) in [6, 6.07) is 2.10. The molecule has 1 amide bonds. The van der Waals surface area contributed by atoms with E-state index in [9.17, 15) is 4.79 Å². The van der Waals surface area contributed by atoms with Crippen molar-refractivity contribution in [3.05, 3.63) is 29.6 Å². The van der Waals surface area contributed by atoms with Crippen molar-refractivity contribution in [2.45, 2.75) is 45.3 Å². The summed E-state index contributed by atoms with van der Waals surface area (Å²) in [6.07, 6.45) is 7.90. The molecule has 0 N–H and O–H groups in total. The number of aromatic nitrogens is 1. The molecule has 132 valence electrons. The lowest BCUT2D eigenvalue weighted by Crippen LogP contribution is -2.45. The molecule has 5 nitrogen and oxygen atoms in total. The highest BCUT2D eigenvalue weighted by molar-refractivity contribution is 5.76. The fraction of sp³-hybridized carbons (Fsp3) is 0.684. The Balaban J connectivity index is 1.61. The highest BCUT2D eigenvalue weighted by atomic mass is 16.5. The molecule has 0 spiro atoms. The Kier molecular flexibility index (Phi) is 5.85. The van der Waals surface area contributed by atoms with Gasteiger partial charge in [0.1, 0.15) is 0 Å². The summed E-state index contributed by atoms with van der Waals surface area (Å²) in [4.78, 5) is 21.2. The third-order valence-corrected chi connectivity index (χ3v) is 5.48. The minimum absolute atomic E-state index is 0.200. The van der Waals surface area contributed by atoms with Crippen LogP contribution in [0.4, 0.5) is 0 Å². The molecule has 0 aromatic carbocycles. The van der Waals surface area contributed by atoms with Gasteiger partial charge in [0.2, 0.25) is 5.91 Å². The zero-order chi connectivity index (χ0) is 16.9. The number of likely N-dealkylation sites (tertiary alicyclic amines) is 2. The third-order valence-electron chi connectivity index (χ3n) is 5.48. The van der Waals surface area contributed by atoms with E-state index in [2.05, 4.69) is 22.9 Å². The summed E-state index contributed by atoms with van der Waals surface area (Å²) in [5.41, 5.74) is 2.56. The summed E-state index contributed by atoms with van der Waals surface area (Å²) in [5, 5.41) is 0. The third kappa shape index (κ3) is 4.14. The van der Waals surface area contributed by atoms with Gasteiger partial charge in [0.15, 0.2) is 0 Å². The van der Waals surface area contributed by atoms with E-state index in [4.69, 9.17) is 4.74 Å². The van der Waals surface area contributed by atoms with Crippen LogP contribution in [0.2, 0.25) is 0 Å². The van der Waals surface area contributed by atoms with Gasteiger partial charge in [-0.2, -0.15) is 0 Å². The second-order valence-corrected chi connectivity index (χ2v) is 7.15. The van der Waals surface area contributed by atoms with Gasteiger partial charge in [0.05, 0.1) is 6.10 Å². The molecule has 2 fully saturated rings. The Morgan fingerprint density at radius 3 is 2.83 bits per heavy atom. The van der Waals surface area contributed by atoms with Gasteiger partial charge in [0, 0.05) is 64.6 Å². The molecular weight excluding hydrogens is 302 g/mol. The lowest BCUT2D eigenvalue weighted by atomic mass is 9.90. The number of carbonyl (C=O) groups is 1. The Morgan fingerprint density at radius 1 is 1.33 bits per heavy atom. The number of pyridine rings is 1. The predicted octanol–water partition coefficient (Wildman–Crippen LogP) is 2.24. The van der Waals surface area contributed by atoms with E-state index >= 15 is 0 Å². The molecule has 2 saturated heterocycles. The smallest absolute Gasteiger partial charge is 0.222 e. The van der Waals surface area contributed by atoms with Crippen molar-refractivity contribution in [1.29, 1.82) is 0 Å². The number of methoxy groups -OCH3 is 1. The lowest BCUT2D eigenvalue weighted by molar-refractivity contribution is -0.133. The largest absolute Gasteiger partial charge is 0.381 e. The molecule has 1 aromatic rings. The van der Waals surface area contributed by atoms with Crippen molar-refractivity contribution in [3.63, 3.8) is 0 Å². The first-order chi connectivity index (χ1) is 11.7. The lowest BCUT2D eigenvalue weighted by Gasteiger charge is -2.38. The van der Waals surface area contributed by atoms with Crippen molar-refractivity contribution in [2.24, 2.45) is 5.92 Å². The van der Waals surface area contributed by atoms with Crippen molar-refractivity contribution in [1.82, 2.24) is 14.8 Å². The molecule has 3 rings (SSSR count). The van der Waals surface area contributed by atoms with E-state index < -0.39 is 0 Å². The Labute approximate surface area is 145 Å². The number of rotatable bonds is 5. The highest BCUT2D eigenvalue weighted by Crippen LogP contribution is 2.26. The molecule has 0 radical (unpaired) electrons. The molecule has 0 unspecified atom stereocenters. The van der Waals surface area contributed by atoms with Gasteiger partial charge in [-0.25, -0.2) is 0 Å². The second kappa shape index (κ2) is 8.08. The summed E-state index contributed by atoms with van der Waals surface area (Å²) in [6.45, 7) is 6.86. The average molecular weight is 331 g/mol. The molecule has 0 bridgehead atoms. The number of hydrogen-bond donors (Lipinski definition) is 0. The maximum Gasteiger partial charge on any atom is 0.222 e. The van der Waals surface area contributed by atoms with Crippen molar-refractivity contribution < 1.29 is 9.53 Å². The SMILES string of the molecule is CO[C@@H]1CCN(Cc2ccncc2C)C[C@H]1CC(=O)N1CCCC1. The minimum atomic E-state index is 0.200. The maximum absolute atomic E-state index is 12.5. The number of aryl methyl sites for hydroxylation is 1. The molecule has 0 aliphatic carbocycles. The Bertz CT molecular complexity index is 557. The van der Waals surface area contributed by atoms with E-state index in [1.807, 2.05) is 17.3 Å². The van der Waals surface area contributed by atoms with Gasteiger partial charge in [-0.05, 0) is 43.4 Å². The number of hydrogen-bond acceptors (Lipinski definition) is 4. The van der Waals surface area contributed by atoms with Crippen LogP contribution in [0.1, 0.15) is 36.8 Å². The number of piperidine rings is 1. The molecule has 24 heavy (non-hydrogen) atoms. The van der Waals surface area contributed by atoms with E-state index in [1.54, 1.807) is 7.11 Å². The molecule has 5 heteroatoms. The highest BCUT2D eigenvalue weighted by Gasteiger charge is 2.32. The van der Waals surface area contributed by atoms with Crippen molar-refractivity contribution >= 4 is 5.91 Å². The van der Waals surface area contributed by atoms with Crippen LogP contribution in [0.3, 0.4) is 0 Å². The second-order valence-electron chi connectivity index (χ2n) is 7.15. The van der Waals surface area contributed by atoms with E-state index in [1.165, 1.54) is 11.1 Å². The Morgan fingerprint density at radius 2 is 2.12 bits per heavy atom. The minimum Gasteiger partial charge on any atom is -0.381 e. The van der Waals surface area contributed by atoms with E-state index in [0.29, 0.717) is 18.2 Å². The summed E-state index contributed by atoms with van der Waals surface area (Å²) < 4.78 is 5.68. The first-order valence-corrected chi connectivity index (χ1v) is 9.10. The number of nitrogens with zero attached hydrogens (tertiary/aromatic N) is 3. The van der Waals surface area contributed by atoms with Gasteiger partial charge < -0.3 is 9.64 Å². The average Bonchev–Trinajstić information content (AvgIpc) is 3.12.